The fourth-order valence-corrected chi connectivity index (χ4v) is 4.41. The van der Waals surface area contributed by atoms with Gasteiger partial charge in [0.05, 0.1) is 12.6 Å². The lowest BCUT2D eigenvalue weighted by Crippen LogP contribution is -2.82. The number of nitrogens with one attached hydrogen (secondary N) is 1. The largest absolute Gasteiger partial charge is 0.377 e. The van der Waals surface area contributed by atoms with Crippen molar-refractivity contribution in [2.24, 2.45) is 17.1 Å². The Kier molecular flexibility index (Phi) is 3.39. The molecule has 0 bridgehead atoms. The molecule has 2 heterocycles. The van der Waals surface area contributed by atoms with Gasteiger partial charge >= 0.3 is 0 Å². The molecule has 1 amide bonds. The molecule has 2 fully saturated rings. The number of carbonyl (C=O) groups is 1. The first kappa shape index (κ1) is 14.0. The van der Waals surface area contributed by atoms with Crippen LogP contribution in [0.3, 0.4) is 0 Å². The Bertz CT molecular complexity index is 500. The zero-order valence-electron chi connectivity index (χ0n) is 12.0. The summed E-state index contributed by atoms with van der Waals surface area (Å²) in [7, 11) is 0. The van der Waals surface area contributed by atoms with Gasteiger partial charge in [-0.3, -0.25) is 4.79 Å². The van der Waals surface area contributed by atoms with Crippen LogP contribution in [0.25, 0.3) is 0 Å². The van der Waals surface area contributed by atoms with E-state index in [1.54, 1.807) is 11.3 Å². The lowest BCUT2D eigenvalue weighted by atomic mass is 9.46. The third kappa shape index (κ3) is 1.84. The predicted molar refractivity (Wildman–Crippen MR) is 79.3 cm³/mol. The highest BCUT2D eigenvalue weighted by molar-refractivity contribution is 7.09. The Morgan fingerprint density at radius 3 is 3.10 bits per heavy atom. The summed E-state index contributed by atoms with van der Waals surface area (Å²) in [4.78, 5) is 13.8. The molecule has 20 heavy (non-hydrogen) atoms. The van der Waals surface area contributed by atoms with Crippen molar-refractivity contribution in [3.63, 3.8) is 0 Å². The minimum Gasteiger partial charge on any atom is -0.377 e. The summed E-state index contributed by atoms with van der Waals surface area (Å²) in [5, 5.41) is 5.02. The summed E-state index contributed by atoms with van der Waals surface area (Å²) in [6, 6.07) is 4.01. The van der Waals surface area contributed by atoms with Crippen LogP contribution >= 0.6 is 11.3 Å². The van der Waals surface area contributed by atoms with E-state index in [1.807, 2.05) is 31.4 Å². The molecule has 3 unspecified atom stereocenters. The number of fused-ring (bicyclic) bond motifs is 1. The van der Waals surface area contributed by atoms with E-state index in [0.29, 0.717) is 6.54 Å². The fraction of sp³-hybridized carbons (Fsp3) is 0.667. The van der Waals surface area contributed by atoms with Crippen LogP contribution < -0.4 is 11.1 Å². The Morgan fingerprint density at radius 1 is 1.60 bits per heavy atom. The van der Waals surface area contributed by atoms with Crippen LogP contribution in [0.4, 0.5) is 0 Å². The highest BCUT2D eigenvalue weighted by Gasteiger charge is 2.70. The number of hydrogen-bond donors (Lipinski definition) is 2. The van der Waals surface area contributed by atoms with E-state index in [1.165, 1.54) is 0 Å². The van der Waals surface area contributed by atoms with Crippen molar-refractivity contribution in [2.45, 2.75) is 44.9 Å². The van der Waals surface area contributed by atoms with Gasteiger partial charge in [0.15, 0.2) is 0 Å². The molecule has 0 radical (unpaired) electrons. The maximum atomic E-state index is 12.6. The summed E-state index contributed by atoms with van der Waals surface area (Å²) in [5.41, 5.74) is 5.41. The molecule has 0 spiro atoms. The number of amides is 1. The Morgan fingerprint density at radius 2 is 2.40 bits per heavy atom. The van der Waals surface area contributed by atoms with Crippen molar-refractivity contribution >= 4 is 17.2 Å². The lowest BCUT2D eigenvalue weighted by Gasteiger charge is -2.65. The number of thiophene rings is 1. The molecule has 1 aliphatic heterocycles. The SMILES string of the molecule is CC1(C)C2OCCCC2C1(N)C(=O)NCc1cccs1. The van der Waals surface area contributed by atoms with Gasteiger partial charge < -0.3 is 15.8 Å². The van der Waals surface area contributed by atoms with E-state index >= 15 is 0 Å². The molecule has 0 aromatic carbocycles. The summed E-state index contributed by atoms with van der Waals surface area (Å²) in [5.74, 6) is 0.109. The minimum atomic E-state index is -0.810. The van der Waals surface area contributed by atoms with Crippen LogP contribution in [-0.2, 0) is 16.1 Å². The Labute approximate surface area is 123 Å². The molecule has 3 N–H and O–H groups in total. The second-order valence-electron chi connectivity index (χ2n) is 6.39. The van der Waals surface area contributed by atoms with Gasteiger partial charge in [0, 0.05) is 22.8 Å². The molecule has 1 aromatic heterocycles. The van der Waals surface area contributed by atoms with E-state index in [0.717, 1.165) is 24.3 Å². The van der Waals surface area contributed by atoms with Crippen LogP contribution in [0.1, 0.15) is 31.6 Å². The molecule has 1 saturated heterocycles. The molecule has 110 valence electrons. The molecule has 1 aliphatic carbocycles. The number of ether oxygens (including phenoxy) is 1. The first-order chi connectivity index (χ1) is 9.48. The van der Waals surface area contributed by atoms with Crippen molar-refractivity contribution in [3.8, 4) is 0 Å². The van der Waals surface area contributed by atoms with Gasteiger partial charge in [0.25, 0.3) is 0 Å². The normalized spacial score (nSPS) is 35.0. The van der Waals surface area contributed by atoms with Gasteiger partial charge in [-0.2, -0.15) is 0 Å². The molecule has 3 rings (SSSR count). The predicted octanol–water partition coefficient (Wildman–Crippen LogP) is 1.90. The molecular formula is C15H22N2O2S. The van der Waals surface area contributed by atoms with Gasteiger partial charge in [0.2, 0.25) is 5.91 Å². The van der Waals surface area contributed by atoms with Crippen LogP contribution in [0.5, 0.6) is 0 Å². The average Bonchev–Trinajstić information content (AvgIpc) is 2.97. The highest BCUT2D eigenvalue weighted by Crippen LogP contribution is 2.57. The quantitative estimate of drug-likeness (QED) is 0.895. The van der Waals surface area contributed by atoms with E-state index < -0.39 is 5.54 Å². The summed E-state index contributed by atoms with van der Waals surface area (Å²) >= 11 is 1.64. The van der Waals surface area contributed by atoms with Crippen LogP contribution in [-0.4, -0.2) is 24.2 Å². The van der Waals surface area contributed by atoms with E-state index in [2.05, 4.69) is 5.32 Å². The molecule has 2 aliphatic rings. The zero-order chi connectivity index (χ0) is 14.4. The van der Waals surface area contributed by atoms with Gasteiger partial charge in [-0.05, 0) is 24.3 Å². The van der Waals surface area contributed by atoms with Crippen LogP contribution in [0.15, 0.2) is 17.5 Å². The summed E-state index contributed by atoms with van der Waals surface area (Å²) in [6.45, 7) is 5.44. The van der Waals surface area contributed by atoms with Crippen LogP contribution in [0.2, 0.25) is 0 Å². The van der Waals surface area contributed by atoms with Gasteiger partial charge in [-0.25, -0.2) is 0 Å². The first-order valence-corrected chi connectivity index (χ1v) is 8.07. The smallest absolute Gasteiger partial charge is 0.241 e. The fourth-order valence-electron chi connectivity index (χ4n) is 3.76. The maximum Gasteiger partial charge on any atom is 0.241 e. The van der Waals surface area contributed by atoms with E-state index in [9.17, 15) is 4.79 Å². The molecule has 4 nitrogen and oxygen atoms in total. The van der Waals surface area contributed by atoms with Crippen molar-refractivity contribution in [3.05, 3.63) is 22.4 Å². The lowest BCUT2D eigenvalue weighted by molar-refractivity contribution is -0.225. The maximum absolute atomic E-state index is 12.6. The minimum absolute atomic E-state index is 0.0392. The topological polar surface area (TPSA) is 64.3 Å². The third-order valence-corrected chi connectivity index (χ3v) is 5.94. The summed E-state index contributed by atoms with van der Waals surface area (Å²) < 4.78 is 5.83. The number of carbonyl (C=O) groups excluding carboxylic acids is 1. The van der Waals surface area contributed by atoms with Gasteiger partial charge in [-0.15, -0.1) is 11.3 Å². The van der Waals surface area contributed by atoms with Crippen molar-refractivity contribution in [2.75, 3.05) is 6.61 Å². The molecule has 1 aromatic rings. The zero-order valence-corrected chi connectivity index (χ0v) is 12.8. The number of nitrogens with two attached hydrogens (primary N) is 1. The molecule has 5 heteroatoms. The van der Waals surface area contributed by atoms with Crippen LogP contribution in [0, 0.1) is 11.3 Å². The average molecular weight is 294 g/mol. The third-order valence-electron chi connectivity index (χ3n) is 5.06. The second kappa shape index (κ2) is 4.83. The first-order valence-electron chi connectivity index (χ1n) is 7.19. The van der Waals surface area contributed by atoms with E-state index in [-0.39, 0.29) is 23.3 Å². The highest BCUT2D eigenvalue weighted by atomic mass is 32.1. The van der Waals surface area contributed by atoms with Crippen molar-refractivity contribution in [1.82, 2.24) is 5.32 Å². The van der Waals surface area contributed by atoms with Gasteiger partial charge in [0.1, 0.15) is 5.54 Å². The molecule has 1 saturated carbocycles. The standard InChI is InChI=1S/C15H22N2O2S/c1-14(2)12-11(6-3-7-19-12)15(14,16)13(18)17-9-10-5-4-8-20-10/h4-5,8,11-12H,3,6-7,9,16H2,1-2H3,(H,17,18). The number of rotatable bonds is 3. The Hall–Kier alpha value is -0.910. The monoisotopic (exact) mass is 294 g/mol. The van der Waals surface area contributed by atoms with Gasteiger partial charge in [-0.1, -0.05) is 19.9 Å². The molecule has 3 atom stereocenters. The van der Waals surface area contributed by atoms with E-state index in [4.69, 9.17) is 10.5 Å². The molecular weight excluding hydrogens is 272 g/mol. The van der Waals surface area contributed by atoms with Crippen molar-refractivity contribution in [1.29, 1.82) is 0 Å². The van der Waals surface area contributed by atoms with Crippen molar-refractivity contribution < 1.29 is 9.53 Å². The summed E-state index contributed by atoms with van der Waals surface area (Å²) in [6.07, 6.45) is 2.10. The second-order valence-corrected chi connectivity index (χ2v) is 7.43. The number of hydrogen-bond acceptors (Lipinski definition) is 4. The Balaban J connectivity index is 1.72.